The van der Waals surface area contributed by atoms with Crippen LogP contribution in [0.1, 0.15) is 0 Å². The molecule has 1 nitrogen and oxygen atoms in total. The minimum atomic E-state index is 0.736. The van der Waals surface area contributed by atoms with Crippen molar-refractivity contribution < 1.29 is 0 Å². The Morgan fingerprint density at radius 2 is 1.10 bits per heavy atom. The van der Waals surface area contributed by atoms with Crippen molar-refractivity contribution in [1.82, 2.24) is 4.98 Å². The number of aromatic nitrogens is 1. The first-order chi connectivity index (χ1) is 15.3. The van der Waals surface area contributed by atoms with Crippen LogP contribution in [0.5, 0.6) is 0 Å². The van der Waals surface area contributed by atoms with Crippen molar-refractivity contribution >= 4 is 43.9 Å². The minimum absolute atomic E-state index is 0.736. The highest BCUT2D eigenvalue weighted by Crippen LogP contribution is 2.39. The van der Waals surface area contributed by atoms with Gasteiger partial charge in [-0.15, -0.1) is 0 Å². The number of benzene rings is 5. The predicted octanol–water partition coefficient (Wildman–Crippen LogP) is 8.53. The van der Waals surface area contributed by atoms with E-state index in [1.807, 2.05) is 18.3 Å². The van der Waals surface area contributed by atoms with Gasteiger partial charge in [0.2, 0.25) is 0 Å². The highest BCUT2D eigenvalue weighted by atomic mass is 35.5. The van der Waals surface area contributed by atoms with Crippen LogP contribution in [0.4, 0.5) is 0 Å². The Labute approximate surface area is 185 Å². The molecule has 146 valence electrons. The summed E-state index contributed by atoms with van der Waals surface area (Å²) in [4.78, 5) is 5.00. The fourth-order valence-corrected chi connectivity index (χ4v) is 4.64. The van der Waals surface area contributed by atoms with E-state index >= 15 is 0 Å². The summed E-state index contributed by atoms with van der Waals surface area (Å²) in [6, 6.07) is 35.9. The van der Waals surface area contributed by atoms with Crippen molar-refractivity contribution in [3.05, 3.63) is 114 Å². The molecule has 0 saturated heterocycles. The molecule has 0 bridgehead atoms. The van der Waals surface area contributed by atoms with Gasteiger partial charge in [0.15, 0.2) is 0 Å². The molecule has 0 saturated carbocycles. The topological polar surface area (TPSA) is 12.9 Å². The molecular formula is C29H18ClN. The Hall–Kier alpha value is -3.68. The number of hydrogen-bond donors (Lipinski definition) is 0. The van der Waals surface area contributed by atoms with Crippen molar-refractivity contribution in [1.29, 1.82) is 0 Å². The Bertz CT molecular complexity index is 1580. The van der Waals surface area contributed by atoms with Crippen LogP contribution in [-0.2, 0) is 0 Å². The molecule has 0 atom stereocenters. The van der Waals surface area contributed by atoms with Crippen molar-refractivity contribution in [3.63, 3.8) is 0 Å². The van der Waals surface area contributed by atoms with Gasteiger partial charge in [-0.2, -0.15) is 0 Å². The third-order valence-electron chi connectivity index (χ3n) is 5.97. The Morgan fingerprint density at radius 1 is 0.516 bits per heavy atom. The van der Waals surface area contributed by atoms with E-state index in [0.717, 1.165) is 32.8 Å². The molecule has 0 aliphatic heterocycles. The Morgan fingerprint density at radius 3 is 1.84 bits per heavy atom. The van der Waals surface area contributed by atoms with E-state index in [9.17, 15) is 0 Å². The van der Waals surface area contributed by atoms with Crippen molar-refractivity contribution in [2.45, 2.75) is 0 Å². The summed E-state index contributed by atoms with van der Waals surface area (Å²) in [6.07, 6.45) is 1.99. The SMILES string of the molecule is Clc1ccc(-c2cnc(-c3cc4ccccc4c4ccccc34)c3ccccc23)cc1. The predicted molar refractivity (Wildman–Crippen MR) is 133 cm³/mol. The molecule has 2 heteroatoms. The van der Waals surface area contributed by atoms with Gasteiger partial charge in [-0.25, -0.2) is 0 Å². The average molecular weight is 416 g/mol. The highest BCUT2D eigenvalue weighted by Gasteiger charge is 2.14. The van der Waals surface area contributed by atoms with Crippen molar-refractivity contribution in [2.75, 3.05) is 0 Å². The maximum atomic E-state index is 6.11. The molecule has 0 spiro atoms. The molecule has 31 heavy (non-hydrogen) atoms. The largest absolute Gasteiger partial charge is 0.255 e. The van der Waals surface area contributed by atoms with E-state index in [1.54, 1.807) is 0 Å². The zero-order valence-electron chi connectivity index (χ0n) is 16.7. The zero-order valence-corrected chi connectivity index (χ0v) is 17.5. The number of rotatable bonds is 2. The molecule has 6 aromatic rings. The van der Waals surface area contributed by atoms with E-state index in [2.05, 4.69) is 91.0 Å². The van der Waals surface area contributed by atoms with Gasteiger partial charge in [-0.3, -0.25) is 4.98 Å². The van der Waals surface area contributed by atoms with E-state index in [4.69, 9.17) is 16.6 Å². The summed E-state index contributed by atoms with van der Waals surface area (Å²) >= 11 is 6.11. The van der Waals surface area contributed by atoms with Crippen LogP contribution in [-0.4, -0.2) is 4.98 Å². The molecule has 0 aliphatic carbocycles. The number of pyridine rings is 1. The normalized spacial score (nSPS) is 11.4. The minimum Gasteiger partial charge on any atom is -0.255 e. The van der Waals surface area contributed by atoms with Crippen molar-refractivity contribution in [2.24, 2.45) is 0 Å². The molecule has 1 aromatic heterocycles. The first-order valence-corrected chi connectivity index (χ1v) is 10.7. The van der Waals surface area contributed by atoms with Gasteiger partial charge in [0.25, 0.3) is 0 Å². The van der Waals surface area contributed by atoms with Crippen molar-refractivity contribution in [3.8, 4) is 22.4 Å². The lowest BCUT2D eigenvalue weighted by Gasteiger charge is -2.14. The maximum Gasteiger partial charge on any atom is 0.0787 e. The van der Waals surface area contributed by atoms with Gasteiger partial charge in [-0.1, -0.05) is 96.5 Å². The smallest absolute Gasteiger partial charge is 0.0787 e. The van der Waals surface area contributed by atoms with Crippen LogP contribution in [0, 0.1) is 0 Å². The molecule has 0 fully saturated rings. The molecule has 0 N–H and O–H groups in total. The molecule has 0 aliphatic rings. The lowest BCUT2D eigenvalue weighted by molar-refractivity contribution is 1.36. The summed E-state index contributed by atoms with van der Waals surface area (Å²) in [6.45, 7) is 0. The highest BCUT2D eigenvalue weighted by molar-refractivity contribution is 6.30. The first kappa shape index (κ1) is 18.1. The fourth-order valence-electron chi connectivity index (χ4n) is 4.52. The van der Waals surface area contributed by atoms with Gasteiger partial charge in [-0.05, 0) is 50.7 Å². The van der Waals surface area contributed by atoms with E-state index in [0.29, 0.717) is 0 Å². The van der Waals surface area contributed by atoms with E-state index in [-0.39, 0.29) is 0 Å². The average Bonchev–Trinajstić information content (AvgIpc) is 2.83. The Kier molecular flexibility index (Phi) is 4.22. The van der Waals surface area contributed by atoms with Crippen LogP contribution >= 0.6 is 11.6 Å². The Balaban J connectivity index is 1.69. The second kappa shape index (κ2) is 7.23. The number of hydrogen-bond acceptors (Lipinski definition) is 1. The number of halogens is 1. The maximum absolute atomic E-state index is 6.11. The zero-order chi connectivity index (χ0) is 20.8. The van der Waals surface area contributed by atoms with Gasteiger partial charge in [0.05, 0.1) is 5.69 Å². The third-order valence-corrected chi connectivity index (χ3v) is 6.23. The van der Waals surface area contributed by atoms with Crippen LogP contribution in [0.25, 0.3) is 54.7 Å². The second-order valence-corrected chi connectivity index (χ2v) is 8.20. The standard InChI is InChI=1S/C29H18ClN/c30-21-15-13-19(14-16-21)28-18-31-29(26-12-6-5-11-25(26)28)27-17-20-7-1-2-8-22(20)23-9-3-4-10-24(23)27/h1-18H. The van der Waals surface area contributed by atoms with Crippen LogP contribution in [0.3, 0.4) is 0 Å². The summed E-state index contributed by atoms with van der Waals surface area (Å²) in [5, 5.41) is 8.04. The number of fused-ring (bicyclic) bond motifs is 4. The van der Waals surface area contributed by atoms with Crippen LogP contribution < -0.4 is 0 Å². The van der Waals surface area contributed by atoms with E-state index in [1.165, 1.54) is 26.9 Å². The van der Waals surface area contributed by atoms with Gasteiger partial charge >= 0.3 is 0 Å². The van der Waals surface area contributed by atoms with Gasteiger partial charge in [0, 0.05) is 27.7 Å². The van der Waals surface area contributed by atoms with E-state index < -0.39 is 0 Å². The molecule has 1 heterocycles. The monoisotopic (exact) mass is 415 g/mol. The third kappa shape index (κ3) is 2.98. The fraction of sp³-hybridized carbons (Fsp3) is 0. The second-order valence-electron chi connectivity index (χ2n) is 7.76. The summed E-state index contributed by atoms with van der Waals surface area (Å²) in [5.41, 5.74) is 4.40. The van der Waals surface area contributed by atoms with Gasteiger partial charge in [0.1, 0.15) is 0 Å². The molecular weight excluding hydrogens is 398 g/mol. The first-order valence-electron chi connectivity index (χ1n) is 10.3. The molecule has 0 radical (unpaired) electrons. The molecule has 0 amide bonds. The van der Waals surface area contributed by atoms with Gasteiger partial charge < -0.3 is 0 Å². The lowest BCUT2D eigenvalue weighted by Crippen LogP contribution is -1.92. The molecule has 6 rings (SSSR count). The van der Waals surface area contributed by atoms with Crippen LogP contribution in [0.15, 0.2) is 109 Å². The summed E-state index contributed by atoms with van der Waals surface area (Å²) < 4.78 is 0. The van der Waals surface area contributed by atoms with Crippen LogP contribution in [0.2, 0.25) is 5.02 Å². The lowest BCUT2D eigenvalue weighted by atomic mass is 9.92. The summed E-state index contributed by atoms with van der Waals surface area (Å²) in [7, 11) is 0. The number of nitrogens with zero attached hydrogens (tertiary/aromatic N) is 1. The quantitative estimate of drug-likeness (QED) is 0.258. The molecule has 0 unspecified atom stereocenters. The summed E-state index contributed by atoms with van der Waals surface area (Å²) in [5.74, 6) is 0. The molecule has 5 aromatic carbocycles.